The zero-order valence-electron chi connectivity index (χ0n) is 12.3. The zero-order chi connectivity index (χ0) is 13.2. The van der Waals surface area contributed by atoms with Gasteiger partial charge in [0.25, 0.3) is 0 Å². The van der Waals surface area contributed by atoms with Crippen LogP contribution in [0, 0.1) is 5.92 Å². The van der Waals surface area contributed by atoms with Crippen LogP contribution in [0.3, 0.4) is 0 Å². The van der Waals surface area contributed by atoms with Crippen LogP contribution in [-0.4, -0.2) is 24.0 Å². The number of hydrogen-bond donors (Lipinski definition) is 1. The third kappa shape index (κ3) is 2.79. The van der Waals surface area contributed by atoms with Gasteiger partial charge in [0.1, 0.15) is 0 Å². The van der Waals surface area contributed by atoms with Crippen molar-refractivity contribution in [2.45, 2.75) is 52.1 Å². The highest BCUT2D eigenvalue weighted by Crippen LogP contribution is 2.31. The van der Waals surface area contributed by atoms with Gasteiger partial charge in [0.05, 0.1) is 0 Å². The Morgan fingerprint density at radius 2 is 2.16 bits per heavy atom. The number of para-hydroxylation sites is 1. The lowest BCUT2D eigenvalue weighted by Gasteiger charge is -2.35. The Labute approximate surface area is 117 Å². The number of nitrogens with one attached hydrogen (secondary N) is 1. The van der Waals surface area contributed by atoms with Gasteiger partial charge in [0, 0.05) is 31.4 Å². The van der Waals surface area contributed by atoms with Crippen molar-refractivity contribution < 1.29 is 0 Å². The lowest BCUT2D eigenvalue weighted by molar-refractivity contribution is 0.140. The maximum Gasteiger partial charge on any atom is 0.0419 e. The molecule has 1 aliphatic carbocycles. The molecule has 0 bridgehead atoms. The number of anilines is 1. The first-order valence-corrected chi connectivity index (χ1v) is 7.82. The summed E-state index contributed by atoms with van der Waals surface area (Å²) in [7, 11) is 0. The van der Waals surface area contributed by atoms with Crippen LogP contribution in [0.4, 0.5) is 5.69 Å². The minimum absolute atomic E-state index is 0.637. The van der Waals surface area contributed by atoms with Gasteiger partial charge in [-0.15, -0.1) is 0 Å². The van der Waals surface area contributed by atoms with Crippen molar-refractivity contribution in [2.75, 3.05) is 18.4 Å². The van der Waals surface area contributed by atoms with E-state index < -0.39 is 0 Å². The first kappa shape index (κ1) is 13.0. The monoisotopic (exact) mass is 258 g/mol. The molecule has 1 aliphatic heterocycles. The number of hydrogen-bond acceptors (Lipinski definition) is 2. The second-order valence-electron chi connectivity index (χ2n) is 6.45. The van der Waals surface area contributed by atoms with E-state index in [2.05, 4.69) is 42.3 Å². The molecule has 1 heterocycles. The minimum atomic E-state index is 0.637. The van der Waals surface area contributed by atoms with E-state index in [0.717, 1.165) is 19.0 Å². The van der Waals surface area contributed by atoms with E-state index in [-0.39, 0.29) is 0 Å². The summed E-state index contributed by atoms with van der Waals surface area (Å²) in [6.07, 6.45) is 5.51. The fraction of sp³-hybridized carbons (Fsp3) is 0.647. The first-order valence-electron chi connectivity index (χ1n) is 7.82. The summed E-state index contributed by atoms with van der Waals surface area (Å²) < 4.78 is 0. The quantitative estimate of drug-likeness (QED) is 0.867. The molecule has 104 valence electrons. The maximum atomic E-state index is 3.57. The van der Waals surface area contributed by atoms with Crippen molar-refractivity contribution in [1.82, 2.24) is 4.90 Å². The van der Waals surface area contributed by atoms with Crippen LogP contribution >= 0.6 is 0 Å². The molecular weight excluding hydrogens is 232 g/mol. The van der Waals surface area contributed by atoms with Crippen LogP contribution in [0.15, 0.2) is 18.2 Å². The second-order valence-corrected chi connectivity index (χ2v) is 6.45. The van der Waals surface area contributed by atoms with Crippen LogP contribution in [0.25, 0.3) is 0 Å². The third-order valence-corrected chi connectivity index (χ3v) is 4.75. The molecule has 0 amide bonds. The summed E-state index contributed by atoms with van der Waals surface area (Å²) in [5.41, 5.74) is 4.41. The van der Waals surface area contributed by atoms with E-state index in [1.165, 1.54) is 49.0 Å². The average molecular weight is 258 g/mol. The summed E-state index contributed by atoms with van der Waals surface area (Å²) in [5.74, 6) is 0.951. The molecule has 1 fully saturated rings. The lowest BCUT2D eigenvalue weighted by Crippen LogP contribution is -2.37. The summed E-state index contributed by atoms with van der Waals surface area (Å²) in [4.78, 5) is 2.65. The molecule has 1 N–H and O–H groups in total. The van der Waals surface area contributed by atoms with E-state index in [1.54, 1.807) is 0 Å². The smallest absolute Gasteiger partial charge is 0.0419 e. The summed E-state index contributed by atoms with van der Waals surface area (Å²) >= 11 is 0. The maximum absolute atomic E-state index is 3.57. The van der Waals surface area contributed by atoms with Crippen molar-refractivity contribution in [3.05, 3.63) is 29.3 Å². The van der Waals surface area contributed by atoms with Gasteiger partial charge < -0.3 is 5.32 Å². The molecule has 2 aliphatic rings. The van der Waals surface area contributed by atoms with Crippen molar-refractivity contribution in [2.24, 2.45) is 5.92 Å². The summed E-state index contributed by atoms with van der Waals surface area (Å²) in [6, 6.07) is 7.43. The number of rotatable bonds is 5. The molecule has 0 aromatic heterocycles. The van der Waals surface area contributed by atoms with Crippen molar-refractivity contribution in [1.29, 1.82) is 0 Å². The SMILES string of the molecule is CC(C)N(Cc1cccc2c1NCC2)CC1CCC1. The first-order chi connectivity index (χ1) is 9.24. The van der Waals surface area contributed by atoms with Crippen LogP contribution in [0.2, 0.25) is 0 Å². The average Bonchev–Trinajstić information content (AvgIpc) is 2.80. The standard InChI is InChI=1S/C17H26N2/c1-13(2)19(11-14-5-3-6-14)12-16-8-4-7-15-9-10-18-17(15)16/h4,7-8,13-14,18H,3,5-6,9-12H2,1-2H3. The Balaban J connectivity index is 1.72. The highest BCUT2D eigenvalue weighted by Gasteiger charge is 2.23. The summed E-state index contributed by atoms with van der Waals surface area (Å²) in [6.45, 7) is 8.15. The van der Waals surface area contributed by atoms with Crippen LogP contribution < -0.4 is 5.32 Å². The molecule has 1 saturated carbocycles. The Hall–Kier alpha value is -1.02. The van der Waals surface area contributed by atoms with E-state index in [4.69, 9.17) is 0 Å². The highest BCUT2D eigenvalue weighted by molar-refractivity contribution is 5.61. The number of benzene rings is 1. The normalized spacial score (nSPS) is 18.5. The fourth-order valence-corrected chi connectivity index (χ4v) is 3.23. The Kier molecular flexibility index (Phi) is 3.79. The molecular formula is C17H26N2. The Morgan fingerprint density at radius 1 is 1.32 bits per heavy atom. The minimum Gasteiger partial charge on any atom is -0.384 e. The van der Waals surface area contributed by atoms with Crippen molar-refractivity contribution in [3.63, 3.8) is 0 Å². The molecule has 0 atom stereocenters. The van der Waals surface area contributed by atoms with Crippen LogP contribution in [-0.2, 0) is 13.0 Å². The lowest BCUT2D eigenvalue weighted by atomic mass is 9.85. The molecule has 19 heavy (non-hydrogen) atoms. The predicted octanol–water partition coefficient (Wildman–Crippen LogP) is 3.67. The largest absolute Gasteiger partial charge is 0.384 e. The predicted molar refractivity (Wildman–Crippen MR) is 81.5 cm³/mol. The van der Waals surface area contributed by atoms with Gasteiger partial charge in [-0.2, -0.15) is 0 Å². The van der Waals surface area contributed by atoms with Gasteiger partial charge >= 0.3 is 0 Å². The number of nitrogens with zero attached hydrogens (tertiary/aromatic N) is 1. The molecule has 1 aromatic carbocycles. The molecule has 0 saturated heterocycles. The van der Waals surface area contributed by atoms with Crippen LogP contribution in [0.5, 0.6) is 0 Å². The molecule has 3 rings (SSSR count). The third-order valence-electron chi connectivity index (χ3n) is 4.75. The molecule has 0 radical (unpaired) electrons. The van der Waals surface area contributed by atoms with Gasteiger partial charge in [-0.1, -0.05) is 24.6 Å². The van der Waals surface area contributed by atoms with Crippen molar-refractivity contribution in [3.8, 4) is 0 Å². The van der Waals surface area contributed by atoms with E-state index in [0.29, 0.717) is 6.04 Å². The van der Waals surface area contributed by atoms with Gasteiger partial charge in [-0.05, 0) is 50.2 Å². The molecule has 0 spiro atoms. The van der Waals surface area contributed by atoms with Gasteiger partial charge in [0.2, 0.25) is 0 Å². The molecule has 1 aromatic rings. The highest BCUT2D eigenvalue weighted by atomic mass is 15.1. The fourth-order valence-electron chi connectivity index (χ4n) is 3.23. The Morgan fingerprint density at radius 3 is 2.84 bits per heavy atom. The van der Waals surface area contributed by atoms with E-state index >= 15 is 0 Å². The molecule has 2 nitrogen and oxygen atoms in total. The Bertz CT molecular complexity index is 435. The van der Waals surface area contributed by atoms with Crippen LogP contribution in [0.1, 0.15) is 44.2 Å². The van der Waals surface area contributed by atoms with Gasteiger partial charge in [0.15, 0.2) is 0 Å². The van der Waals surface area contributed by atoms with Crippen molar-refractivity contribution >= 4 is 5.69 Å². The van der Waals surface area contributed by atoms with Gasteiger partial charge in [-0.3, -0.25) is 4.90 Å². The topological polar surface area (TPSA) is 15.3 Å². The number of fused-ring (bicyclic) bond motifs is 1. The second kappa shape index (κ2) is 5.54. The summed E-state index contributed by atoms with van der Waals surface area (Å²) in [5, 5.41) is 3.57. The zero-order valence-corrected chi connectivity index (χ0v) is 12.3. The van der Waals surface area contributed by atoms with E-state index in [9.17, 15) is 0 Å². The van der Waals surface area contributed by atoms with E-state index in [1.807, 2.05) is 0 Å². The molecule has 2 heteroatoms. The molecule has 0 unspecified atom stereocenters. The van der Waals surface area contributed by atoms with Gasteiger partial charge in [-0.25, -0.2) is 0 Å².